The SMILES string of the molecule is C[C@]12CCC(=O)C=C1CC[C@@H]1[C@@H]2C(=O)C[C@]2(C)/C(=C/C(=O)O)CC[C@@H]12. The molecule has 3 fully saturated rings. The van der Waals surface area contributed by atoms with E-state index in [1.54, 1.807) is 0 Å². The van der Waals surface area contributed by atoms with Crippen LogP contribution in [0.3, 0.4) is 0 Å². The molecule has 0 amide bonds. The van der Waals surface area contributed by atoms with Crippen molar-refractivity contribution in [3.05, 3.63) is 23.3 Å². The Labute approximate surface area is 148 Å². The molecule has 0 aromatic heterocycles. The molecule has 0 aromatic carbocycles. The Balaban J connectivity index is 1.74. The third-order valence-corrected chi connectivity index (χ3v) is 7.80. The smallest absolute Gasteiger partial charge is 0.328 e. The Bertz CT molecular complexity index is 730. The molecule has 134 valence electrons. The molecule has 0 aromatic rings. The van der Waals surface area contributed by atoms with E-state index in [9.17, 15) is 19.5 Å². The lowest BCUT2D eigenvalue weighted by molar-refractivity contribution is -0.143. The summed E-state index contributed by atoms with van der Waals surface area (Å²) in [6, 6.07) is 0. The number of carboxylic acids is 1. The molecular weight excluding hydrogens is 316 g/mol. The fourth-order valence-electron chi connectivity index (χ4n) is 6.62. The van der Waals surface area contributed by atoms with Gasteiger partial charge in [0.25, 0.3) is 0 Å². The molecule has 4 aliphatic rings. The highest BCUT2D eigenvalue weighted by molar-refractivity contribution is 5.93. The standard InChI is InChI=1S/C21H26O4/c1-20-8-7-14(22)9-12(20)3-5-15-16-6-4-13(10-18(24)25)21(16,2)11-17(23)19(15)20/h9-10,15-16,19H,3-8,11H2,1-2H3,(H,24,25)/b13-10+/t15-,16-,19+,20-,21+/m0/s1. The number of aliphatic carboxylic acids is 1. The van der Waals surface area contributed by atoms with Gasteiger partial charge in [-0.1, -0.05) is 25.0 Å². The molecule has 4 nitrogen and oxygen atoms in total. The number of fused-ring (bicyclic) bond motifs is 5. The van der Waals surface area contributed by atoms with Gasteiger partial charge in [0.2, 0.25) is 0 Å². The number of hydrogen-bond acceptors (Lipinski definition) is 3. The van der Waals surface area contributed by atoms with E-state index >= 15 is 0 Å². The number of allylic oxidation sites excluding steroid dienone is 2. The molecule has 0 heterocycles. The van der Waals surface area contributed by atoms with Crippen molar-refractivity contribution in [2.75, 3.05) is 0 Å². The molecule has 4 heteroatoms. The third-order valence-electron chi connectivity index (χ3n) is 7.80. The second kappa shape index (κ2) is 5.39. The molecule has 0 unspecified atom stereocenters. The van der Waals surface area contributed by atoms with Gasteiger partial charge < -0.3 is 5.11 Å². The van der Waals surface area contributed by atoms with Crippen LogP contribution >= 0.6 is 0 Å². The van der Waals surface area contributed by atoms with Crippen LogP contribution in [0.5, 0.6) is 0 Å². The predicted molar refractivity (Wildman–Crippen MR) is 92.8 cm³/mol. The Morgan fingerprint density at radius 3 is 2.64 bits per heavy atom. The van der Waals surface area contributed by atoms with Crippen LogP contribution in [-0.4, -0.2) is 22.6 Å². The molecule has 0 bridgehead atoms. The topological polar surface area (TPSA) is 71.4 Å². The van der Waals surface area contributed by atoms with Crippen LogP contribution < -0.4 is 0 Å². The second-order valence-corrected chi connectivity index (χ2v) is 8.95. The van der Waals surface area contributed by atoms with Crippen LogP contribution in [0.15, 0.2) is 23.3 Å². The van der Waals surface area contributed by atoms with Crippen molar-refractivity contribution in [3.63, 3.8) is 0 Å². The molecule has 3 saturated carbocycles. The number of Topliss-reactive ketones (excluding diaryl/α,β-unsaturated/α-hetero) is 1. The summed E-state index contributed by atoms with van der Waals surface area (Å²) < 4.78 is 0. The van der Waals surface area contributed by atoms with Gasteiger partial charge in [-0.3, -0.25) is 9.59 Å². The minimum Gasteiger partial charge on any atom is -0.478 e. The average molecular weight is 342 g/mol. The van der Waals surface area contributed by atoms with Crippen LogP contribution in [0.25, 0.3) is 0 Å². The van der Waals surface area contributed by atoms with Crippen LogP contribution in [0.4, 0.5) is 0 Å². The molecule has 0 aliphatic heterocycles. The van der Waals surface area contributed by atoms with E-state index in [-0.39, 0.29) is 28.3 Å². The van der Waals surface area contributed by atoms with E-state index < -0.39 is 5.97 Å². The van der Waals surface area contributed by atoms with E-state index in [0.29, 0.717) is 24.7 Å². The van der Waals surface area contributed by atoms with E-state index in [1.165, 1.54) is 11.6 Å². The number of carbonyl (C=O) groups excluding carboxylic acids is 2. The number of rotatable bonds is 1. The maximum atomic E-state index is 13.3. The van der Waals surface area contributed by atoms with Crippen molar-refractivity contribution < 1.29 is 19.5 Å². The van der Waals surface area contributed by atoms with Crippen LogP contribution in [0, 0.1) is 28.6 Å². The number of ketones is 2. The second-order valence-electron chi connectivity index (χ2n) is 8.95. The third kappa shape index (κ3) is 2.29. The van der Waals surface area contributed by atoms with E-state index in [2.05, 4.69) is 13.8 Å². The first-order chi connectivity index (χ1) is 11.8. The maximum Gasteiger partial charge on any atom is 0.328 e. The summed E-state index contributed by atoms with van der Waals surface area (Å²) in [6.45, 7) is 4.29. The Morgan fingerprint density at radius 2 is 1.92 bits per heavy atom. The van der Waals surface area contributed by atoms with Gasteiger partial charge >= 0.3 is 5.97 Å². The highest BCUT2D eigenvalue weighted by atomic mass is 16.4. The normalized spacial score (nSPS) is 44.8. The first-order valence-electron chi connectivity index (χ1n) is 9.46. The Morgan fingerprint density at radius 1 is 1.16 bits per heavy atom. The van der Waals surface area contributed by atoms with Gasteiger partial charge in [-0.25, -0.2) is 4.79 Å². The summed E-state index contributed by atoms with van der Waals surface area (Å²) in [7, 11) is 0. The monoisotopic (exact) mass is 342 g/mol. The van der Waals surface area contributed by atoms with Crippen LogP contribution in [-0.2, 0) is 14.4 Å². The summed E-state index contributed by atoms with van der Waals surface area (Å²) in [6.07, 6.45) is 8.57. The minimum absolute atomic E-state index is 0.00264. The highest BCUT2D eigenvalue weighted by Crippen LogP contribution is 2.65. The lowest BCUT2D eigenvalue weighted by Gasteiger charge is -2.56. The molecule has 0 saturated heterocycles. The van der Waals surface area contributed by atoms with E-state index in [0.717, 1.165) is 37.7 Å². The molecule has 4 aliphatic carbocycles. The fourth-order valence-corrected chi connectivity index (χ4v) is 6.62. The first kappa shape index (κ1) is 16.7. The number of hydrogen-bond donors (Lipinski definition) is 1. The van der Waals surface area contributed by atoms with Crippen molar-refractivity contribution in [1.82, 2.24) is 0 Å². The van der Waals surface area contributed by atoms with Crippen LogP contribution in [0.1, 0.15) is 58.8 Å². The van der Waals surface area contributed by atoms with Gasteiger partial charge in [-0.15, -0.1) is 0 Å². The summed E-state index contributed by atoms with van der Waals surface area (Å²) in [5.41, 5.74) is 1.66. The van der Waals surface area contributed by atoms with Crippen molar-refractivity contribution in [2.24, 2.45) is 28.6 Å². The quantitative estimate of drug-likeness (QED) is 0.738. The molecule has 0 radical (unpaired) electrons. The maximum absolute atomic E-state index is 13.3. The summed E-state index contributed by atoms with van der Waals surface area (Å²) >= 11 is 0. The zero-order valence-electron chi connectivity index (χ0n) is 15.0. The molecule has 0 spiro atoms. The van der Waals surface area contributed by atoms with Gasteiger partial charge in [-0.05, 0) is 60.8 Å². The molecule has 25 heavy (non-hydrogen) atoms. The Kier molecular flexibility index (Phi) is 3.61. The van der Waals surface area contributed by atoms with Gasteiger partial charge in [0.05, 0.1) is 0 Å². The minimum atomic E-state index is -0.905. The van der Waals surface area contributed by atoms with Crippen LogP contribution in [0.2, 0.25) is 0 Å². The van der Waals surface area contributed by atoms with Gasteiger partial charge in [0.1, 0.15) is 5.78 Å². The van der Waals surface area contributed by atoms with E-state index in [4.69, 9.17) is 0 Å². The van der Waals surface area contributed by atoms with Crippen molar-refractivity contribution in [2.45, 2.75) is 58.8 Å². The van der Waals surface area contributed by atoms with E-state index in [1.807, 2.05) is 6.08 Å². The zero-order chi connectivity index (χ0) is 18.0. The molecular formula is C21H26O4. The summed E-state index contributed by atoms with van der Waals surface area (Å²) in [5, 5.41) is 9.20. The van der Waals surface area contributed by atoms with Gasteiger partial charge in [-0.2, -0.15) is 0 Å². The van der Waals surface area contributed by atoms with Gasteiger partial charge in [0.15, 0.2) is 5.78 Å². The Hall–Kier alpha value is -1.71. The van der Waals surface area contributed by atoms with Crippen molar-refractivity contribution >= 4 is 17.5 Å². The first-order valence-corrected chi connectivity index (χ1v) is 9.46. The predicted octanol–water partition coefficient (Wildman–Crippen LogP) is 3.71. The zero-order valence-corrected chi connectivity index (χ0v) is 15.0. The summed E-state index contributed by atoms with van der Waals surface area (Å²) in [5.74, 6) is 0.287. The van der Waals surface area contributed by atoms with Gasteiger partial charge in [0, 0.05) is 24.8 Å². The molecule has 4 rings (SSSR count). The largest absolute Gasteiger partial charge is 0.478 e. The van der Waals surface area contributed by atoms with Crippen molar-refractivity contribution in [3.8, 4) is 0 Å². The number of carboxylic acid groups (broad SMARTS) is 1. The van der Waals surface area contributed by atoms with Crippen molar-refractivity contribution in [1.29, 1.82) is 0 Å². The fraction of sp³-hybridized carbons (Fsp3) is 0.667. The summed E-state index contributed by atoms with van der Waals surface area (Å²) in [4.78, 5) is 36.3. The number of carbonyl (C=O) groups is 3. The molecule has 1 N–H and O–H groups in total. The lowest BCUT2D eigenvalue weighted by atomic mass is 9.47. The average Bonchev–Trinajstić information content (AvgIpc) is 2.83. The molecule has 5 atom stereocenters. The lowest BCUT2D eigenvalue weighted by Crippen LogP contribution is -2.54. The highest BCUT2D eigenvalue weighted by Gasteiger charge is 2.60.